The predicted octanol–water partition coefficient (Wildman–Crippen LogP) is 0.547. The lowest BCUT2D eigenvalue weighted by molar-refractivity contribution is -0.130. The van der Waals surface area contributed by atoms with Crippen molar-refractivity contribution in [3.8, 4) is 0 Å². The van der Waals surface area contributed by atoms with Crippen molar-refractivity contribution in [3.63, 3.8) is 0 Å². The second kappa shape index (κ2) is 8.14. The zero-order valence-corrected chi connectivity index (χ0v) is 13.2. The third kappa shape index (κ3) is 4.82. The van der Waals surface area contributed by atoms with Crippen molar-refractivity contribution >= 4 is 5.91 Å². The van der Waals surface area contributed by atoms with E-state index in [0.717, 1.165) is 52.1 Å². The molecule has 21 heavy (non-hydrogen) atoms. The summed E-state index contributed by atoms with van der Waals surface area (Å²) in [4.78, 5) is 16.3. The van der Waals surface area contributed by atoms with Gasteiger partial charge in [-0.25, -0.2) is 0 Å². The fourth-order valence-corrected chi connectivity index (χ4v) is 2.74. The van der Waals surface area contributed by atoms with Gasteiger partial charge < -0.3 is 10.2 Å². The van der Waals surface area contributed by atoms with Gasteiger partial charge in [0.25, 0.3) is 0 Å². The number of hydrogen-bond acceptors (Lipinski definition) is 4. The Hall–Kier alpha value is -1.40. The van der Waals surface area contributed by atoms with E-state index < -0.39 is 0 Å². The zero-order valence-electron chi connectivity index (χ0n) is 13.2. The first-order valence-corrected chi connectivity index (χ1v) is 7.89. The second-order valence-electron chi connectivity index (χ2n) is 5.65. The van der Waals surface area contributed by atoms with E-state index in [1.807, 2.05) is 22.8 Å². The van der Waals surface area contributed by atoms with E-state index in [1.54, 1.807) is 0 Å². The second-order valence-corrected chi connectivity index (χ2v) is 5.65. The molecule has 1 amide bonds. The molecule has 118 valence electrons. The summed E-state index contributed by atoms with van der Waals surface area (Å²) >= 11 is 0. The minimum atomic E-state index is 0.204. The average molecular weight is 293 g/mol. The van der Waals surface area contributed by atoms with Gasteiger partial charge in [-0.1, -0.05) is 6.92 Å². The first-order chi connectivity index (χ1) is 10.2. The Morgan fingerprint density at radius 3 is 2.95 bits per heavy atom. The summed E-state index contributed by atoms with van der Waals surface area (Å²) in [6.45, 7) is 8.17. The topological polar surface area (TPSA) is 53.4 Å². The lowest BCUT2D eigenvalue weighted by atomic mass is 10.3. The lowest BCUT2D eigenvalue weighted by Crippen LogP contribution is -2.39. The van der Waals surface area contributed by atoms with E-state index in [1.165, 1.54) is 5.56 Å². The van der Waals surface area contributed by atoms with Crippen LogP contribution in [0.1, 0.15) is 25.3 Å². The number of aromatic nitrogens is 2. The molecule has 0 saturated carbocycles. The van der Waals surface area contributed by atoms with E-state index in [0.29, 0.717) is 6.54 Å². The molecule has 0 atom stereocenters. The maximum absolute atomic E-state index is 11.9. The van der Waals surface area contributed by atoms with Gasteiger partial charge in [-0.05, 0) is 19.9 Å². The number of carbonyl (C=O) groups excluding carboxylic acids is 1. The smallest absolute Gasteiger partial charge is 0.236 e. The molecule has 2 heterocycles. The molecule has 0 unspecified atom stereocenters. The molecule has 6 heteroatoms. The first kappa shape index (κ1) is 16.0. The van der Waals surface area contributed by atoms with Gasteiger partial charge in [-0.2, -0.15) is 5.10 Å². The Balaban J connectivity index is 1.83. The summed E-state index contributed by atoms with van der Waals surface area (Å²) < 4.78 is 2.01. The summed E-state index contributed by atoms with van der Waals surface area (Å²) in [6, 6.07) is 0. The monoisotopic (exact) mass is 293 g/mol. The van der Waals surface area contributed by atoms with Gasteiger partial charge in [0.05, 0.1) is 12.7 Å². The van der Waals surface area contributed by atoms with Crippen molar-refractivity contribution in [2.24, 2.45) is 0 Å². The molecule has 1 fully saturated rings. The normalized spacial score (nSPS) is 17.0. The van der Waals surface area contributed by atoms with Crippen molar-refractivity contribution in [1.82, 2.24) is 24.9 Å². The number of carbonyl (C=O) groups is 1. The fourth-order valence-electron chi connectivity index (χ4n) is 2.74. The highest BCUT2D eigenvalue weighted by Crippen LogP contribution is 2.09. The Kier molecular flexibility index (Phi) is 6.20. The fraction of sp³-hybridized carbons (Fsp3) is 0.733. The number of hydrogen-bond donors (Lipinski definition) is 1. The lowest BCUT2D eigenvalue weighted by Gasteiger charge is -2.21. The molecule has 1 aliphatic heterocycles. The van der Waals surface area contributed by atoms with Crippen molar-refractivity contribution in [2.45, 2.75) is 32.9 Å². The van der Waals surface area contributed by atoms with E-state index in [2.05, 4.69) is 28.4 Å². The number of nitrogens with zero attached hydrogens (tertiary/aromatic N) is 4. The molecular weight excluding hydrogens is 266 g/mol. The van der Waals surface area contributed by atoms with Gasteiger partial charge in [-0.15, -0.1) is 0 Å². The van der Waals surface area contributed by atoms with Crippen molar-refractivity contribution < 1.29 is 4.79 Å². The summed E-state index contributed by atoms with van der Waals surface area (Å²) in [5.41, 5.74) is 1.26. The molecule has 1 aliphatic rings. The summed E-state index contributed by atoms with van der Waals surface area (Å²) in [5.74, 6) is 0.204. The Morgan fingerprint density at radius 1 is 1.33 bits per heavy atom. The summed E-state index contributed by atoms with van der Waals surface area (Å²) in [6.07, 6.45) is 6.24. The Morgan fingerprint density at radius 2 is 2.19 bits per heavy atom. The maximum atomic E-state index is 11.9. The van der Waals surface area contributed by atoms with Crippen molar-refractivity contribution in [1.29, 1.82) is 0 Å². The van der Waals surface area contributed by atoms with Crippen LogP contribution in [-0.2, 0) is 17.9 Å². The molecule has 0 aromatic carbocycles. The molecule has 2 rings (SSSR count). The highest BCUT2D eigenvalue weighted by atomic mass is 16.2. The van der Waals surface area contributed by atoms with Crippen LogP contribution in [0.15, 0.2) is 12.4 Å². The standard InChI is InChI=1S/C15H27N5O/c1-3-5-20-13-14(10-17-20)12-18-6-4-7-19(9-8-18)15(21)11-16-2/h10,13,16H,3-9,11-12H2,1-2H3. The predicted molar refractivity (Wildman–Crippen MR) is 82.9 cm³/mol. The average Bonchev–Trinajstić information content (AvgIpc) is 2.76. The zero-order chi connectivity index (χ0) is 15.1. The van der Waals surface area contributed by atoms with Crippen LogP contribution in [0.25, 0.3) is 0 Å². The summed E-state index contributed by atoms with van der Waals surface area (Å²) in [7, 11) is 1.82. The van der Waals surface area contributed by atoms with Crippen LogP contribution in [0.5, 0.6) is 0 Å². The largest absolute Gasteiger partial charge is 0.340 e. The Labute approximate surface area is 127 Å². The number of aryl methyl sites for hydroxylation is 1. The van der Waals surface area contributed by atoms with E-state index >= 15 is 0 Å². The van der Waals surface area contributed by atoms with Gasteiger partial charge >= 0.3 is 0 Å². The maximum Gasteiger partial charge on any atom is 0.236 e. The minimum Gasteiger partial charge on any atom is -0.340 e. The highest BCUT2D eigenvalue weighted by Gasteiger charge is 2.18. The van der Waals surface area contributed by atoms with Crippen LogP contribution in [-0.4, -0.2) is 65.3 Å². The molecule has 1 aromatic heterocycles. The van der Waals surface area contributed by atoms with Gasteiger partial charge in [0.1, 0.15) is 0 Å². The molecule has 0 aliphatic carbocycles. The third-order valence-electron chi connectivity index (χ3n) is 3.81. The first-order valence-electron chi connectivity index (χ1n) is 7.89. The van der Waals surface area contributed by atoms with Crippen LogP contribution in [0.2, 0.25) is 0 Å². The number of rotatable bonds is 6. The number of likely N-dealkylation sites (N-methyl/N-ethyl adjacent to an activating group) is 1. The number of amides is 1. The quantitative estimate of drug-likeness (QED) is 0.832. The van der Waals surface area contributed by atoms with Gasteiger partial charge in [0, 0.05) is 51.0 Å². The molecule has 0 spiro atoms. The molecule has 0 bridgehead atoms. The van der Waals surface area contributed by atoms with E-state index in [4.69, 9.17) is 0 Å². The SMILES string of the molecule is CCCn1cc(CN2CCCN(C(=O)CNC)CC2)cn1. The van der Waals surface area contributed by atoms with E-state index in [-0.39, 0.29) is 5.91 Å². The minimum absolute atomic E-state index is 0.204. The summed E-state index contributed by atoms with van der Waals surface area (Å²) in [5, 5.41) is 7.31. The number of nitrogens with one attached hydrogen (secondary N) is 1. The molecular formula is C15H27N5O. The van der Waals surface area contributed by atoms with Crippen LogP contribution in [0.4, 0.5) is 0 Å². The van der Waals surface area contributed by atoms with Crippen molar-refractivity contribution in [3.05, 3.63) is 18.0 Å². The van der Waals surface area contributed by atoms with Gasteiger partial charge in [-0.3, -0.25) is 14.4 Å². The van der Waals surface area contributed by atoms with Gasteiger partial charge in [0.2, 0.25) is 5.91 Å². The molecule has 0 radical (unpaired) electrons. The van der Waals surface area contributed by atoms with E-state index in [9.17, 15) is 4.79 Å². The van der Waals surface area contributed by atoms with Crippen LogP contribution in [0, 0.1) is 0 Å². The molecule has 1 saturated heterocycles. The van der Waals surface area contributed by atoms with Crippen LogP contribution >= 0.6 is 0 Å². The highest BCUT2D eigenvalue weighted by molar-refractivity contribution is 5.78. The Bertz CT molecular complexity index is 445. The van der Waals surface area contributed by atoms with Gasteiger partial charge in [0.15, 0.2) is 0 Å². The van der Waals surface area contributed by atoms with Crippen LogP contribution < -0.4 is 5.32 Å². The van der Waals surface area contributed by atoms with Crippen molar-refractivity contribution in [2.75, 3.05) is 39.8 Å². The molecule has 6 nitrogen and oxygen atoms in total. The van der Waals surface area contributed by atoms with Crippen LogP contribution in [0.3, 0.4) is 0 Å². The molecule has 1 N–H and O–H groups in total. The molecule has 1 aromatic rings. The third-order valence-corrected chi connectivity index (χ3v) is 3.81.